The van der Waals surface area contributed by atoms with Gasteiger partial charge >= 0.3 is 6.03 Å². The average molecular weight is 327 g/mol. The summed E-state index contributed by atoms with van der Waals surface area (Å²) in [5.74, 6) is 0.712. The molecule has 3 heterocycles. The van der Waals surface area contributed by atoms with Crippen LogP contribution in [0.5, 0.6) is 0 Å². The summed E-state index contributed by atoms with van der Waals surface area (Å²) < 4.78 is 0. The lowest BCUT2D eigenvalue weighted by Gasteiger charge is -2.47. The van der Waals surface area contributed by atoms with Gasteiger partial charge < -0.3 is 10.2 Å². The van der Waals surface area contributed by atoms with Crippen LogP contribution < -0.4 is 10.2 Å². The van der Waals surface area contributed by atoms with Gasteiger partial charge in [-0.1, -0.05) is 25.1 Å². The maximum absolute atomic E-state index is 13.3. The molecule has 0 radical (unpaired) electrons. The van der Waals surface area contributed by atoms with Gasteiger partial charge in [-0.05, 0) is 56.6 Å². The van der Waals surface area contributed by atoms with Gasteiger partial charge in [0, 0.05) is 36.9 Å². The Hall–Kier alpha value is -1.55. The second-order valence-corrected chi connectivity index (χ2v) is 7.83. The SMILES string of the molecule is CC1CC[C@H]2C[C@@H](N(C(=O)N3CCCC3)c3ccccc3)CC1N2. The van der Waals surface area contributed by atoms with Crippen molar-refractivity contribution in [3.8, 4) is 0 Å². The summed E-state index contributed by atoms with van der Waals surface area (Å²) in [5.41, 5.74) is 1.06. The Kier molecular flexibility index (Phi) is 4.49. The Morgan fingerprint density at radius 1 is 1.12 bits per heavy atom. The van der Waals surface area contributed by atoms with E-state index in [9.17, 15) is 4.79 Å². The van der Waals surface area contributed by atoms with Crippen molar-refractivity contribution in [1.29, 1.82) is 0 Å². The van der Waals surface area contributed by atoms with Crippen LogP contribution in [0.25, 0.3) is 0 Å². The molecule has 0 spiro atoms. The van der Waals surface area contributed by atoms with E-state index in [1.807, 2.05) is 23.1 Å². The lowest BCUT2D eigenvalue weighted by atomic mass is 9.78. The molecule has 4 rings (SSSR count). The third kappa shape index (κ3) is 3.04. The van der Waals surface area contributed by atoms with Crippen LogP contribution in [-0.4, -0.2) is 42.1 Å². The second kappa shape index (κ2) is 6.75. The van der Waals surface area contributed by atoms with Gasteiger partial charge in [-0.3, -0.25) is 4.90 Å². The minimum Gasteiger partial charge on any atom is -0.324 e. The van der Waals surface area contributed by atoms with Crippen molar-refractivity contribution in [2.75, 3.05) is 18.0 Å². The molecule has 1 N–H and O–H groups in total. The molecule has 3 saturated heterocycles. The van der Waals surface area contributed by atoms with Crippen molar-refractivity contribution in [2.45, 2.75) is 63.6 Å². The largest absolute Gasteiger partial charge is 0.324 e. The highest BCUT2D eigenvalue weighted by atomic mass is 16.2. The second-order valence-electron chi connectivity index (χ2n) is 7.83. The maximum atomic E-state index is 13.3. The van der Waals surface area contributed by atoms with Gasteiger partial charge in [0.25, 0.3) is 0 Å². The minimum absolute atomic E-state index is 0.219. The molecular weight excluding hydrogens is 298 g/mol. The van der Waals surface area contributed by atoms with Crippen LogP contribution in [0.3, 0.4) is 0 Å². The van der Waals surface area contributed by atoms with E-state index in [4.69, 9.17) is 0 Å². The number of carbonyl (C=O) groups excluding carboxylic acids is 1. The van der Waals surface area contributed by atoms with Crippen molar-refractivity contribution >= 4 is 11.7 Å². The van der Waals surface area contributed by atoms with Gasteiger partial charge in [0.15, 0.2) is 0 Å². The number of para-hydroxylation sites is 1. The van der Waals surface area contributed by atoms with Crippen molar-refractivity contribution in [1.82, 2.24) is 10.2 Å². The highest BCUT2D eigenvalue weighted by Crippen LogP contribution is 2.34. The highest BCUT2D eigenvalue weighted by molar-refractivity contribution is 5.92. The number of nitrogens with one attached hydrogen (secondary N) is 1. The smallest absolute Gasteiger partial charge is 0.324 e. The summed E-state index contributed by atoms with van der Waals surface area (Å²) in [6.07, 6.45) is 7.00. The summed E-state index contributed by atoms with van der Waals surface area (Å²) in [4.78, 5) is 17.4. The Morgan fingerprint density at radius 3 is 2.62 bits per heavy atom. The zero-order valence-electron chi connectivity index (χ0n) is 14.7. The number of urea groups is 1. The average Bonchev–Trinajstić information content (AvgIpc) is 3.14. The van der Waals surface area contributed by atoms with Gasteiger partial charge in [-0.25, -0.2) is 4.79 Å². The molecular formula is C20H29N3O. The van der Waals surface area contributed by atoms with Crippen molar-refractivity contribution in [2.24, 2.45) is 5.92 Å². The fourth-order valence-electron chi connectivity index (χ4n) is 4.76. The first-order valence-electron chi connectivity index (χ1n) is 9.61. The summed E-state index contributed by atoms with van der Waals surface area (Å²) in [6.45, 7) is 4.18. The van der Waals surface area contributed by atoms with Crippen LogP contribution in [0.1, 0.15) is 45.4 Å². The van der Waals surface area contributed by atoms with E-state index in [0.717, 1.165) is 44.5 Å². The van der Waals surface area contributed by atoms with Gasteiger partial charge in [-0.2, -0.15) is 0 Å². The van der Waals surface area contributed by atoms with E-state index < -0.39 is 0 Å². The van der Waals surface area contributed by atoms with E-state index in [0.29, 0.717) is 24.0 Å². The first-order chi connectivity index (χ1) is 11.7. The quantitative estimate of drug-likeness (QED) is 0.900. The van der Waals surface area contributed by atoms with Crippen molar-refractivity contribution < 1.29 is 4.79 Å². The Bertz CT molecular complexity index is 570. The molecule has 3 fully saturated rings. The topological polar surface area (TPSA) is 35.6 Å². The number of hydrogen-bond acceptors (Lipinski definition) is 2. The number of carbonyl (C=O) groups is 1. The number of rotatable bonds is 2. The summed E-state index contributed by atoms with van der Waals surface area (Å²) in [6, 6.07) is 12.0. The third-order valence-electron chi connectivity index (χ3n) is 6.17. The number of benzene rings is 1. The summed E-state index contributed by atoms with van der Waals surface area (Å²) >= 11 is 0. The maximum Gasteiger partial charge on any atom is 0.324 e. The first-order valence-corrected chi connectivity index (χ1v) is 9.61. The van der Waals surface area contributed by atoms with E-state index >= 15 is 0 Å². The lowest BCUT2D eigenvalue weighted by molar-refractivity contribution is 0.160. The number of likely N-dealkylation sites (tertiary alicyclic amines) is 1. The van der Waals surface area contributed by atoms with Gasteiger partial charge in [0.2, 0.25) is 0 Å². The van der Waals surface area contributed by atoms with E-state index in [1.54, 1.807) is 0 Å². The number of nitrogens with zero attached hydrogens (tertiary/aromatic N) is 2. The van der Waals surface area contributed by atoms with Crippen molar-refractivity contribution in [3.63, 3.8) is 0 Å². The molecule has 2 amide bonds. The molecule has 4 heteroatoms. The summed E-state index contributed by atoms with van der Waals surface area (Å²) in [5, 5.41) is 3.80. The van der Waals surface area contributed by atoms with Gasteiger partial charge in [0.05, 0.1) is 0 Å². The predicted octanol–water partition coefficient (Wildman–Crippen LogP) is 3.63. The van der Waals surface area contributed by atoms with Gasteiger partial charge in [-0.15, -0.1) is 0 Å². The molecule has 4 nitrogen and oxygen atoms in total. The lowest BCUT2D eigenvalue weighted by Crippen LogP contribution is -2.59. The van der Waals surface area contributed by atoms with Crippen LogP contribution in [0.15, 0.2) is 30.3 Å². The molecule has 2 bridgehead atoms. The number of piperidine rings is 2. The molecule has 24 heavy (non-hydrogen) atoms. The zero-order chi connectivity index (χ0) is 16.5. The zero-order valence-corrected chi connectivity index (χ0v) is 14.7. The first kappa shape index (κ1) is 15.9. The molecule has 2 unspecified atom stereocenters. The molecule has 4 atom stereocenters. The fraction of sp³-hybridized carbons (Fsp3) is 0.650. The molecule has 3 aliphatic rings. The molecule has 3 aliphatic heterocycles. The predicted molar refractivity (Wildman–Crippen MR) is 97.3 cm³/mol. The Morgan fingerprint density at radius 2 is 1.88 bits per heavy atom. The normalized spacial score (nSPS) is 32.6. The van der Waals surface area contributed by atoms with Crippen LogP contribution in [0.4, 0.5) is 10.5 Å². The molecule has 0 aromatic heterocycles. The van der Waals surface area contributed by atoms with Gasteiger partial charge in [0.1, 0.15) is 0 Å². The number of amides is 2. The monoisotopic (exact) mass is 327 g/mol. The van der Waals surface area contributed by atoms with E-state index in [-0.39, 0.29) is 6.03 Å². The van der Waals surface area contributed by atoms with Crippen LogP contribution in [0, 0.1) is 5.92 Å². The fourth-order valence-corrected chi connectivity index (χ4v) is 4.76. The van der Waals surface area contributed by atoms with E-state index in [2.05, 4.69) is 29.3 Å². The number of hydrogen-bond donors (Lipinski definition) is 1. The molecule has 1 aromatic carbocycles. The summed E-state index contributed by atoms with van der Waals surface area (Å²) in [7, 11) is 0. The van der Waals surface area contributed by atoms with Crippen molar-refractivity contribution in [3.05, 3.63) is 30.3 Å². The molecule has 0 saturated carbocycles. The molecule has 1 aromatic rings. The molecule has 0 aliphatic carbocycles. The Balaban J connectivity index is 1.61. The standard InChI is InChI=1S/C20H29N3O/c1-15-9-10-16-13-18(14-19(15)21-16)23(17-7-3-2-4-8-17)20(24)22-11-5-6-12-22/h2-4,7-8,15-16,18-19,21H,5-6,9-14H2,1H3/t15?,16-,18+,19?/m0/s1. The van der Waals surface area contributed by atoms with Crippen LogP contribution in [0.2, 0.25) is 0 Å². The highest BCUT2D eigenvalue weighted by Gasteiger charge is 2.40. The number of fused-ring (bicyclic) bond motifs is 2. The third-order valence-corrected chi connectivity index (χ3v) is 6.17. The van der Waals surface area contributed by atoms with Crippen LogP contribution >= 0.6 is 0 Å². The Labute approximate surface area is 145 Å². The van der Waals surface area contributed by atoms with Crippen LogP contribution in [-0.2, 0) is 0 Å². The molecule has 130 valence electrons. The van der Waals surface area contributed by atoms with E-state index in [1.165, 1.54) is 12.8 Å². The number of anilines is 1. The minimum atomic E-state index is 0.219.